The van der Waals surface area contributed by atoms with Crippen molar-refractivity contribution < 1.29 is 9.90 Å². The van der Waals surface area contributed by atoms with Gasteiger partial charge in [-0.15, -0.1) is 0 Å². The van der Waals surface area contributed by atoms with Crippen molar-refractivity contribution in [3.8, 4) is 0 Å². The first-order valence-corrected chi connectivity index (χ1v) is 6.76. The van der Waals surface area contributed by atoms with Gasteiger partial charge in [-0.3, -0.25) is 14.6 Å². The van der Waals surface area contributed by atoms with E-state index < -0.39 is 5.97 Å². The number of benzene rings is 1. The molecule has 1 fully saturated rings. The number of hydrogen-bond acceptors (Lipinski definition) is 3. The van der Waals surface area contributed by atoms with E-state index in [0.717, 1.165) is 19.6 Å². The maximum atomic E-state index is 10.9. The normalized spacial score (nSPS) is 25.4. The molecule has 0 saturated carbocycles. The molecule has 4 nitrogen and oxygen atoms in total. The van der Waals surface area contributed by atoms with Gasteiger partial charge >= 0.3 is 5.97 Å². The first-order valence-electron chi connectivity index (χ1n) is 6.76. The molecule has 1 aliphatic rings. The van der Waals surface area contributed by atoms with E-state index in [1.54, 1.807) is 0 Å². The standard InChI is InChI=1S/C15H22N2O2/c1-12-9-17(10-13-6-4-3-5-7-13)11-14(16(12)2)8-15(18)19/h3-7,12,14H,8-11H2,1-2H3,(H,18,19)/t12-,14-/m1/s1. The van der Waals surface area contributed by atoms with Gasteiger partial charge in [-0.2, -0.15) is 0 Å². The van der Waals surface area contributed by atoms with Gasteiger partial charge in [0.1, 0.15) is 0 Å². The molecular weight excluding hydrogens is 240 g/mol. The number of likely N-dealkylation sites (N-methyl/N-ethyl adjacent to an activating group) is 1. The summed E-state index contributed by atoms with van der Waals surface area (Å²) in [6, 6.07) is 10.8. The molecule has 0 spiro atoms. The predicted octanol–water partition coefficient (Wildman–Crippen LogP) is 1.67. The van der Waals surface area contributed by atoms with E-state index in [2.05, 4.69) is 28.9 Å². The third-order valence-electron chi connectivity index (χ3n) is 3.92. The van der Waals surface area contributed by atoms with Crippen molar-refractivity contribution in [1.82, 2.24) is 9.80 Å². The van der Waals surface area contributed by atoms with Crippen molar-refractivity contribution in [2.24, 2.45) is 0 Å². The molecule has 1 aromatic carbocycles. The van der Waals surface area contributed by atoms with Crippen molar-refractivity contribution in [3.63, 3.8) is 0 Å². The van der Waals surface area contributed by atoms with E-state index in [4.69, 9.17) is 5.11 Å². The second-order valence-corrected chi connectivity index (χ2v) is 5.45. The summed E-state index contributed by atoms with van der Waals surface area (Å²) in [6.07, 6.45) is 0.214. The summed E-state index contributed by atoms with van der Waals surface area (Å²) in [5.41, 5.74) is 1.29. The molecule has 2 rings (SSSR count). The molecule has 2 atom stereocenters. The van der Waals surface area contributed by atoms with Crippen molar-refractivity contribution in [2.75, 3.05) is 20.1 Å². The van der Waals surface area contributed by atoms with Gasteiger partial charge in [0, 0.05) is 31.7 Å². The molecular formula is C15H22N2O2. The monoisotopic (exact) mass is 262 g/mol. The molecule has 1 aromatic rings. The van der Waals surface area contributed by atoms with Crippen LogP contribution in [0.2, 0.25) is 0 Å². The molecule has 0 aromatic heterocycles. The maximum Gasteiger partial charge on any atom is 0.304 e. The van der Waals surface area contributed by atoms with Gasteiger partial charge < -0.3 is 5.11 Å². The second-order valence-electron chi connectivity index (χ2n) is 5.45. The Labute approximate surface area is 114 Å². The topological polar surface area (TPSA) is 43.8 Å². The Balaban J connectivity index is 2.00. The molecule has 0 unspecified atom stereocenters. The van der Waals surface area contributed by atoms with E-state index in [0.29, 0.717) is 6.04 Å². The highest BCUT2D eigenvalue weighted by Gasteiger charge is 2.30. The highest BCUT2D eigenvalue weighted by atomic mass is 16.4. The number of aliphatic carboxylic acids is 1. The van der Waals surface area contributed by atoms with Crippen LogP contribution in [0.3, 0.4) is 0 Å². The Bertz CT molecular complexity index is 421. The number of carboxylic acids is 1. The van der Waals surface area contributed by atoms with Crippen molar-refractivity contribution in [2.45, 2.75) is 32.0 Å². The lowest BCUT2D eigenvalue weighted by atomic mass is 10.0. The first kappa shape index (κ1) is 14.0. The summed E-state index contributed by atoms with van der Waals surface area (Å²) in [5.74, 6) is -0.717. The molecule has 1 heterocycles. The molecule has 104 valence electrons. The molecule has 0 aliphatic carbocycles. The zero-order valence-electron chi connectivity index (χ0n) is 11.6. The molecule has 1 saturated heterocycles. The van der Waals surface area contributed by atoms with Gasteiger partial charge in [-0.05, 0) is 19.5 Å². The highest BCUT2D eigenvalue weighted by molar-refractivity contribution is 5.67. The van der Waals surface area contributed by atoms with Crippen LogP contribution in [0, 0.1) is 0 Å². The molecule has 0 bridgehead atoms. The summed E-state index contributed by atoms with van der Waals surface area (Å²) in [5, 5.41) is 9.00. The lowest BCUT2D eigenvalue weighted by Crippen LogP contribution is -2.56. The molecule has 1 N–H and O–H groups in total. The smallest absolute Gasteiger partial charge is 0.304 e. The van der Waals surface area contributed by atoms with E-state index in [1.165, 1.54) is 5.56 Å². The summed E-state index contributed by atoms with van der Waals surface area (Å²) in [7, 11) is 2.03. The van der Waals surface area contributed by atoms with E-state index in [9.17, 15) is 4.79 Å². The SMILES string of the molecule is C[C@@H]1CN(Cc2ccccc2)C[C@@H](CC(=O)O)N1C. The predicted molar refractivity (Wildman–Crippen MR) is 75.0 cm³/mol. The molecule has 19 heavy (non-hydrogen) atoms. The molecule has 0 radical (unpaired) electrons. The third-order valence-corrected chi connectivity index (χ3v) is 3.92. The van der Waals surface area contributed by atoms with Crippen LogP contribution in [0.5, 0.6) is 0 Å². The van der Waals surface area contributed by atoms with Gasteiger partial charge in [0.05, 0.1) is 6.42 Å². The number of rotatable bonds is 4. The van der Waals surface area contributed by atoms with Gasteiger partial charge in [0.25, 0.3) is 0 Å². The van der Waals surface area contributed by atoms with E-state index in [-0.39, 0.29) is 12.5 Å². The summed E-state index contributed by atoms with van der Waals surface area (Å²) in [4.78, 5) is 15.5. The maximum absolute atomic E-state index is 10.9. The van der Waals surface area contributed by atoms with Crippen LogP contribution >= 0.6 is 0 Å². The van der Waals surface area contributed by atoms with Crippen LogP contribution in [0.1, 0.15) is 18.9 Å². The van der Waals surface area contributed by atoms with E-state index in [1.807, 2.05) is 25.2 Å². The zero-order valence-corrected chi connectivity index (χ0v) is 11.6. The average molecular weight is 262 g/mol. The van der Waals surface area contributed by atoms with Gasteiger partial charge in [0.15, 0.2) is 0 Å². The first-order chi connectivity index (χ1) is 9.06. The van der Waals surface area contributed by atoms with Crippen LogP contribution in [-0.4, -0.2) is 53.1 Å². The molecule has 1 aliphatic heterocycles. The average Bonchev–Trinajstić information content (AvgIpc) is 2.36. The van der Waals surface area contributed by atoms with Crippen molar-refractivity contribution >= 4 is 5.97 Å². The Morgan fingerprint density at radius 3 is 2.63 bits per heavy atom. The van der Waals surface area contributed by atoms with Crippen LogP contribution in [0.4, 0.5) is 0 Å². The lowest BCUT2D eigenvalue weighted by molar-refractivity contribution is -0.139. The van der Waals surface area contributed by atoms with Crippen LogP contribution in [0.25, 0.3) is 0 Å². The number of nitrogens with zero attached hydrogens (tertiary/aromatic N) is 2. The molecule has 4 heteroatoms. The number of carboxylic acid groups (broad SMARTS) is 1. The quantitative estimate of drug-likeness (QED) is 0.896. The van der Waals surface area contributed by atoms with Crippen LogP contribution in [-0.2, 0) is 11.3 Å². The van der Waals surface area contributed by atoms with Crippen molar-refractivity contribution in [3.05, 3.63) is 35.9 Å². The van der Waals surface area contributed by atoms with Gasteiger partial charge in [-0.25, -0.2) is 0 Å². The fraction of sp³-hybridized carbons (Fsp3) is 0.533. The largest absolute Gasteiger partial charge is 0.481 e. The summed E-state index contributed by atoms with van der Waals surface area (Å²) in [6.45, 7) is 4.87. The molecule has 0 amide bonds. The summed E-state index contributed by atoms with van der Waals surface area (Å²) < 4.78 is 0. The fourth-order valence-corrected chi connectivity index (χ4v) is 2.74. The van der Waals surface area contributed by atoms with Gasteiger partial charge in [-0.1, -0.05) is 30.3 Å². The second kappa shape index (κ2) is 6.17. The Morgan fingerprint density at radius 1 is 1.32 bits per heavy atom. The minimum absolute atomic E-state index is 0.102. The fourth-order valence-electron chi connectivity index (χ4n) is 2.74. The van der Waals surface area contributed by atoms with E-state index >= 15 is 0 Å². The third kappa shape index (κ3) is 3.78. The number of piperazine rings is 1. The lowest BCUT2D eigenvalue weighted by Gasteiger charge is -2.43. The Morgan fingerprint density at radius 2 is 2.00 bits per heavy atom. The highest BCUT2D eigenvalue weighted by Crippen LogP contribution is 2.18. The number of hydrogen-bond donors (Lipinski definition) is 1. The summed E-state index contributed by atoms with van der Waals surface area (Å²) >= 11 is 0. The van der Waals surface area contributed by atoms with Crippen LogP contribution in [0.15, 0.2) is 30.3 Å². The zero-order chi connectivity index (χ0) is 13.8. The minimum atomic E-state index is -0.717. The number of carbonyl (C=O) groups is 1. The Kier molecular flexibility index (Phi) is 4.56. The van der Waals surface area contributed by atoms with Gasteiger partial charge in [0.2, 0.25) is 0 Å². The van der Waals surface area contributed by atoms with Crippen molar-refractivity contribution in [1.29, 1.82) is 0 Å². The minimum Gasteiger partial charge on any atom is -0.481 e. The van der Waals surface area contributed by atoms with Crippen LogP contribution < -0.4 is 0 Å². The Hall–Kier alpha value is -1.39.